The molecule has 3 heteroatoms. The lowest BCUT2D eigenvalue weighted by Gasteiger charge is -2.04. The van der Waals surface area contributed by atoms with E-state index in [9.17, 15) is 5.11 Å². The van der Waals surface area contributed by atoms with E-state index in [-0.39, 0.29) is 12.4 Å². The maximum absolute atomic E-state index is 9.32. The van der Waals surface area contributed by atoms with E-state index in [4.69, 9.17) is 9.84 Å². The highest BCUT2D eigenvalue weighted by atomic mass is 16.5. The summed E-state index contributed by atoms with van der Waals surface area (Å²) in [5, 5.41) is 17.9. The van der Waals surface area contributed by atoms with Crippen LogP contribution < -0.4 is 4.74 Å². The van der Waals surface area contributed by atoms with Crippen molar-refractivity contribution in [3.8, 4) is 11.5 Å². The van der Waals surface area contributed by atoms with Gasteiger partial charge in [0.1, 0.15) is 0 Å². The zero-order chi connectivity index (χ0) is 10.4. The highest BCUT2D eigenvalue weighted by Gasteiger charge is 2.00. The second-order valence-electron chi connectivity index (χ2n) is 2.86. The molecule has 0 unspecified atom stereocenters. The van der Waals surface area contributed by atoms with Crippen LogP contribution in [-0.4, -0.2) is 23.9 Å². The van der Waals surface area contributed by atoms with Crippen molar-refractivity contribution in [2.24, 2.45) is 0 Å². The van der Waals surface area contributed by atoms with E-state index in [2.05, 4.69) is 0 Å². The Balaban J connectivity index is 2.74. The molecule has 0 spiro atoms. The van der Waals surface area contributed by atoms with Crippen molar-refractivity contribution in [1.29, 1.82) is 0 Å². The van der Waals surface area contributed by atoms with Gasteiger partial charge < -0.3 is 14.9 Å². The lowest BCUT2D eigenvalue weighted by molar-refractivity contribution is 0.342. The van der Waals surface area contributed by atoms with Crippen LogP contribution in [0.2, 0.25) is 0 Å². The standard InChI is InChI=1S/C11H14O3/c1-14-11-8-9(4-2-3-7-12)5-6-10(11)13/h2-3,5-6,8,12-13H,4,7H2,1H3/b3-2+. The van der Waals surface area contributed by atoms with Crippen molar-refractivity contribution in [3.05, 3.63) is 35.9 Å². The maximum atomic E-state index is 9.32. The van der Waals surface area contributed by atoms with Gasteiger partial charge in [-0.1, -0.05) is 18.2 Å². The number of allylic oxidation sites excluding steroid dienone is 1. The summed E-state index contributed by atoms with van der Waals surface area (Å²) in [6, 6.07) is 5.19. The minimum absolute atomic E-state index is 0.0508. The van der Waals surface area contributed by atoms with E-state index in [1.54, 1.807) is 18.2 Å². The molecule has 0 bridgehead atoms. The molecule has 1 aromatic carbocycles. The van der Waals surface area contributed by atoms with Crippen LogP contribution in [0.3, 0.4) is 0 Å². The highest BCUT2D eigenvalue weighted by molar-refractivity contribution is 5.42. The number of ether oxygens (including phenoxy) is 1. The van der Waals surface area contributed by atoms with Gasteiger partial charge in [-0.2, -0.15) is 0 Å². The summed E-state index contributed by atoms with van der Waals surface area (Å²) in [7, 11) is 1.52. The number of phenols is 1. The van der Waals surface area contributed by atoms with Crippen LogP contribution in [0.15, 0.2) is 30.4 Å². The summed E-state index contributed by atoms with van der Waals surface area (Å²) in [5.41, 5.74) is 1.03. The molecule has 0 aliphatic carbocycles. The molecule has 0 aliphatic rings. The molecule has 0 saturated carbocycles. The van der Waals surface area contributed by atoms with Crippen molar-refractivity contribution in [1.82, 2.24) is 0 Å². The van der Waals surface area contributed by atoms with Crippen molar-refractivity contribution < 1.29 is 14.9 Å². The summed E-state index contributed by atoms with van der Waals surface area (Å²) in [5.74, 6) is 0.613. The number of aromatic hydroxyl groups is 1. The van der Waals surface area contributed by atoms with E-state index in [1.165, 1.54) is 7.11 Å². The predicted octanol–water partition coefficient (Wildman–Crippen LogP) is 1.49. The Bertz CT molecular complexity index is 318. The van der Waals surface area contributed by atoms with Crippen LogP contribution in [0.5, 0.6) is 11.5 Å². The molecule has 0 aromatic heterocycles. The number of aliphatic hydroxyl groups is 1. The number of hydrogen-bond donors (Lipinski definition) is 2. The van der Waals surface area contributed by atoms with Gasteiger partial charge in [-0.15, -0.1) is 0 Å². The Hall–Kier alpha value is -1.48. The lowest BCUT2D eigenvalue weighted by atomic mass is 10.1. The highest BCUT2D eigenvalue weighted by Crippen LogP contribution is 2.26. The molecule has 0 saturated heterocycles. The minimum atomic E-state index is 0.0508. The number of phenolic OH excluding ortho intramolecular Hbond substituents is 1. The minimum Gasteiger partial charge on any atom is -0.504 e. The van der Waals surface area contributed by atoms with Crippen molar-refractivity contribution in [2.75, 3.05) is 13.7 Å². The molecule has 14 heavy (non-hydrogen) atoms. The molecule has 3 nitrogen and oxygen atoms in total. The van der Waals surface area contributed by atoms with Crippen molar-refractivity contribution in [2.45, 2.75) is 6.42 Å². The van der Waals surface area contributed by atoms with Crippen LogP contribution >= 0.6 is 0 Å². The maximum Gasteiger partial charge on any atom is 0.160 e. The van der Waals surface area contributed by atoms with E-state index < -0.39 is 0 Å². The fourth-order valence-electron chi connectivity index (χ4n) is 1.14. The molecule has 0 atom stereocenters. The third kappa shape index (κ3) is 2.78. The molecule has 0 heterocycles. The van der Waals surface area contributed by atoms with Crippen LogP contribution in [0, 0.1) is 0 Å². The van der Waals surface area contributed by atoms with Gasteiger partial charge in [0.2, 0.25) is 0 Å². The summed E-state index contributed by atoms with van der Waals surface area (Å²) in [4.78, 5) is 0. The molecule has 0 fully saturated rings. The van der Waals surface area contributed by atoms with E-state index >= 15 is 0 Å². The van der Waals surface area contributed by atoms with Gasteiger partial charge in [0, 0.05) is 0 Å². The van der Waals surface area contributed by atoms with E-state index in [0.29, 0.717) is 5.75 Å². The van der Waals surface area contributed by atoms with Gasteiger partial charge in [-0.05, 0) is 24.1 Å². The summed E-state index contributed by atoms with van der Waals surface area (Å²) >= 11 is 0. The Morgan fingerprint density at radius 3 is 2.79 bits per heavy atom. The molecular formula is C11H14O3. The molecule has 2 N–H and O–H groups in total. The van der Waals surface area contributed by atoms with Gasteiger partial charge in [0.25, 0.3) is 0 Å². The predicted molar refractivity (Wildman–Crippen MR) is 54.6 cm³/mol. The van der Waals surface area contributed by atoms with Gasteiger partial charge >= 0.3 is 0 Å². The molecule has 1 aromatic rings. The second-order valence-corrected chi connectivity index (χ2v) is 2.86. The van der Waals surface area contributed by atoms with Crippen molar-refractivity contribution in [3.63, 3.8) is 0 Å². The normalized spacial score (nSPS) is 10.7. The van der Waals surface area contributed by atoms with Gasteiger partial charge in [0.15, 0.2) is 11.5 Å². The number of methoxy groups -OCH3 is 1. The average molecular weight is 194 g/mol. The Labute approximate surface area is 83.3 Å². The SMILES string of the molecule is COc1cc(C/C=C/CO)ccc1O. The van der Waals surface area contributed by atoms with Crippen molar-refractivity contribution >= 4 is 0 Å². The van der Waals surface area contributed by atoms with Crippen LogP contribution in [-0.2, 0) is 6.42 Å². The van der Waals surface area contributed by atoms with E-state index in [0.717, 1.165) is 12.0 Å². The first kappa shape index (κ1) is 10.6. The Morgan fingerprint density at radius 2 is 2.14 bits per heavy atom. The fourth-order valence-corrected chi connectivity index (χ4v) is 1.14. The second kappa shape index (κ2) is 5.29. The number of rotatable bonds is 4. The molecule has 76 valence electrons. The summed E-state index contributed by atoms with van der Waals surface area (Å²) in [6.45, 7) is 0.0508. The average Bonchev–Trinajstić information content (AvgIpc) is 2.21. The number of aliphatic hydroxyl groups excluding tert-OH is 1. The third-order valence-electron chi connectivity index (χ3n) is 1.87. The first-order chi connectivity index (χ1) is 6.77. The third-order valence-corrected chi connectivity index (χ3v) is 1.87. The topological polar surface area (TPSA) is 49.7 Å². The molecule has 1 rings (SSSR count). The quantitative estimate of drug-likeness (QED) is 0.714. The van der Waals surface area contributed by atoms with Gasteiger partial charge in [-0.3, -0.25) is 0 Å². The molecule has 0 aliphatic heterocycles. The number of hydrogen-bond acceptors (Lipinski definition) is 3. The zero-order valence-electron chi connectivity index (χ0n) is 8.10. The van der Waals surface area contributed by atoms with E-state index in [1.807, 2.05) is 12.1 Å². The van der Waals surface area contributed by atoms with Crippen LogP contribution in [0.25, 0.3) is 0 Å². The monoisotopic (exact) mass is 194 g/mol. The molecular weight excluding hydrogens is 180 g/mol. The molecule has 0 radical (unpaired) electrons. The fraction of sp³-hybridized carbons (Fsp3) is 0.273. The van der Waals surface area contributed by atoms with Crippen LogP contribution in [0.1, 0.15) is 5.56 Å². The number of benzene rings is 1. The lowest BCUT2D eigenvalue weighted by Crippen LogP contribution is -1.87. The smallest absolute Gasteiger partial charge is 0.160 e. The first-order valence-electron chi connectivity index (χ1n) is 4.39. The Morgan fingerprint density at radius 1 is 1.36 bits per heavy atom. The Kier molecular flexibility index (Phi) is 4.01. The largest absolute Gasteiger partial charge is 0.504 e. The van der Waals surface area contributed by atoms with Gasteiger partial charge in [0.05, 0.1) is 13.7 Å². The zero-order valence-corrected chi connectivity index (χ0v) is 8.10. The summed E-state index contributed by atoms with van der Waals surface area (Å²) in [6.07, 6.45) is 4.27. The molecule has 0 amide bonds. The first-order valence-corrected chi connectivity index (χ1v) is 4.39. The van der Waals surface area contributed by atoms with Gasteiger partial charge in [-0.25, -0.2) is 0 Å². The summed E-state index contributed by atoms with van der Waals surface area (Å²) < 4.78 is 4.97. The van der Waals surface area contributed by atoms with Crippen LogP contribution in [0.4, 0.5) is 0 Å².